The first-order valence-corrected chi connectivity index (χ1v) is 6.41. The summed E-state index contributed by atoms with van der Waals surface area (Å²) < 4.78 is 13.3. The van der Waals surface area contributed by atoms with Gasteiger partial charge in [-0.1, -0.05) is 30.0 Å². The molecule has 1 atom stereocenters. The third kappa shape index (κ3) is 3.56. The highest BCUT2D eigenvalue weighted by Gasteiger charge is 2.15. The minimum Gasteiger partial charge on any atom is -0.314 e. The van der Waals surface area contributed by atoms with Crippen molar-refractivity contribution in [2.75, 3.05) is 26.2 Å². The fourth-order valence-corrected chi connectivity index (χ4v) is 2.07. The van der Waals surface area contributed by atoms with Gasteiger partial charge < -0.3 is 5.32 Å². The van der Waals surface area contributed by atoms with Crippen LogP contribution in [-0.2, 0) is 6.42 Å². The first-order valence-electron chi connectivity index (χ1n) is 6.41. The van der Waals surface area contributed by atoms with Gasteiger partial charge in [-0.05, 0) is 18.6 Å². The van der Waals surface area contributed by atoms with E-state index in [2.05, 4.69) is 29.0 Å². The number of halogens is 1. The summed E-state index contributed by atoms with van der Waals surface area (Å²) in [5.41, 5.74) is 0.679. The molecule has 1 aromatic rings. The van der Waals surface area contributed by atoms with Crippen LogP contribution in [0.1, 0.15) is 12.5 Å². The van der Waals surface area contributed by atoms with E-state index in [1.807, 2.05) is 6.07 Å². The molecule has 2 nitrogen and oxygen atoms in total. The Labute approximate surface area is 108 Å². The third-order valence-electron chi connectivity index (χ3n) is 3.28. The van der Waals surface area contributed by atoms with Crippen LogP contribution in [-0.4, -0.2) is 37.1 Å². The maximum absolute atomic E-state index is 13.3. The van der Waals surface area contributed by atoms with Crippen LogP contribution in [0.5, 0.6) is 0 Å². The molecule has 1 aliphatic rings. The lowest BCUT2D eigenvalue weighted by Gasteiger charge is -2.32. The van der Waals surface area contributed by atoms with E-state index < -0.39 is 0 Å². The van der Waals surface area contributed by atoms with E-state index in [1.165, 1.54) is 6.07 Å². The van der Waals surface area contributed by atoms with E-state index >= 15 is 0 Å². The number of hydrogen-bond donors (Lipinski definition) is 1. The highest BCUT2D eigenvalue weighted by molar-refractivity contribution is 5.22. The van der Waals surface area contributed by atoms with Crippen molar-refractivity contribution in [1.82, 2.24) is 10.2 Å². The summed E-state index contributed by atoms with van der Waals surface area (Å²) in [7, 11) is 0. The van der Waals surface area contributed by atoms with Crippen molar-refractivity contribution in [2.24, 2.45) is 0 Å². The monoisotopic (exact) mass is 246 g/mol. The highest BCUT2D eigenvalue weighted by Crippen LogP contribution is 2.06. The van der Waals surface area contributed by atoms with E-state index in [0.29, 0.717) is 18.0 Å². The van der Waals surface area contributed by atoms with Crippen molar-refractivity contribution >= 4 is 0 Å². The van der Waals surface area contributed by atoms with Crippen LogP contribution in [0.15, 0.2) is 24.3 Å². The number of nitrogens with one attached hydrogen (secondary N) is 1. The van der Waals surface area contributed by atoms with Crippen LogP contribution < -0.4 is 5.32 Å². The molecule has 0 aliphatic carbocycles. The standard InChI is InChI=1S/C15H19FN2/c1-13-12-17-9-11-18(13)10-5-4-7-14-6-2-3-8-15(14)16/h2-3,6,8,13,17H,7,9-12H2,1H3. The molecule has 0 saturated carbocycles. The van der Waals surface area contributed by atoms with Gasteiger partial charge in [-0.3, -0.25) is 4.90 Å². The number of hydrogen-bond acceptors (Lipinski definition) is 2. The lowest BCUT2D eigenvalue weighted by molar-refractivity contribution is 0.196. The average molecular weight is 246 g/mol. The van der Waals surface area contributed by atoms with Gasteiger partial charge in [0.1, 0.15) is 5.82 Å². The first kappa shape index (κ1) is 13.1. The molecule has 0 aromatic heterocycles. The Hall–Kier alpha value is -1.37. The summed E-state index contributed by atoms with van der Waals surface area (Å²) in [4.78, 5) is 2.35. The largest absolute Gasteiger partial charge is 0.314 e. The van der Waals surface area contributed by atoms with Crippen LogP contribution in [0, 0.1) is 17.7 Å². The summed E-state index contributed by atoms with van der Waals surface area (Å²) in [6.45, 7) is 6.06. The summed E-state index contributed by atoms with van der Waals surface area (Å²) in [5.74, 6) is 6.04. The maximum Gasteiger partial charge on any atom is 0.127 e. The van der Waals surface area contributed by atoms with Crippen molar-refractivity contribution in [3.63, 3.8) is 0 Å². The normalized spacial score (nSPS) is 20.2. The molecule has 0 spiro atoms. The fourth-order valence-electron chi connectivity index (χ4n) is 2.07. The Bertz CT molecular complexity index is 447. The molecule has 96 valence electrons. The highest BCUT2D eigenvalue weighted by atomic mass is 19.1. The molecular formula is C15H19FN2. The fraction of sp³-hybridized carbons (Fsp3) is 0.467. The molecule has 0 amide bonds. The van der Waals surface area contributed by atoms with Crippen molar-refractivity contribution < 1.29 is 4.39 Å². The van der Waals surface area contributed by atoms with Gasteiger partial charge >= 0.3 is 0 Å². The van der Waals surface area contributed by atoms with Gasteiger partial charge in [0.05, 0.1) is 6.54 Å². The SMILES string of the molecule is CC1CNCCN1CC#CCc1ccccc1F. The molecule has 18 heavy (non-hydrogen) atoms. The van der Waals surface area contributed by atoms with Crippen LogP contribution >= 0.6 is 0 Å². The maximum atomic E-state index is 13.3. The zero-order chi connectivity index (χ0) is 12.8. The Morgan fingerprint density at radius 3 is 3.00 bits per heavy atom. The van der Waals surface area contributed by atoms with Gasteiger partial charge in [0, 0.05) is 32.1 Å². The Balaban J connectivity index is 1.84. The summed E-state index contributed by atoms with van der Waals surface area (Å²) in [6, 6.07) is 7.35. The second kappa shape index (κ2) is 6.53. The number of benzene rings is 1. The van der Waals surface area contributed by atoms with E-state index in [0.717, 1.165) is 26.2 Å². The predicted octanol–water partition coefficient (Wildman–Crippen LogP) is 1.67. The second-order valence-corrected chi connectivity index (χ2v) is 4.65. The minimum atomic E-state index is -0.164. The predicted molar refractivity (Wildman–Crippen MR) is 71.8 cm³/mol. The molecule has 1 fully saturated rings. The summed E-state index contributed by atoms with van der Waals surface area (Å²) in [5, 5.41) is 3.35. The molecule has 1 aliphatic heterocycles. The van der Waals surface area contributed by atoms with Gasteiger partial charge in [-0.25, -0.2) is 4.39 Å². The Morgan fingerprint density at radius 2 is 2.22 bits per heavy atom. The first-order chi connectivity index (χ1) is 8.77. The molecule has 1 heterocycles. The average Bonchev–Trinajstić information content (AvgIpc) is 2.38. The van der Waals surface area contributed by atoms with Gasteiger partial charge in [-0.15, -0.1) is 0 Å². The second-order valence-electron chi connectivity index (χ2n) is 4.65. The third-order valence-corrected chi connectivity index (χ3v) is 3.28. The van der Waals surface area contributed by atoms with E-state index in [4.69, 9.17) is 0 Å². The van der Waals surface area contributed by atoms with Crippen molar-refractivity contribution in [2.45, 2.75) is 19.4 Å². The molecule has 0 bridgehead atoms. The number of nitrogens with zero attached hydrogens (tertiary/aromatic N) is 1. The van der Waals surface area contributed by atoms with E-state index in [-0.39, 0.29) is 5.82 Å². The molecule has 1 saturated heterocycles. The molecule has 1 N–H and O–H groups in total. The summed E-state index contributed by atoms with van der Waals surface area (Å²) >= 11 is 0. The Kier molecular flexibility index (Phi) is 4.74. The number of piperazine rings is 1. The van der Waals surface area contributed by atoms with Crippen LogP contribution in [0.3, 0.4) is 0 Å². The summed E-state index contributed by atoms with van der Waals surface area (Å²) in [6.07, 6.45) is 0.493. The Morgan fingerprint density at radius 1 is 1.39 bits per heavy atom. The van der Waals surface area contributed by atoms with Gasteiger partial charge in [0.2, 0.25) is 0 Å². The van der Waals surface area contributed by atoms with E-state index in [9.17, 15) is 4.39 Å². The van der Waals surface area contributed by atoms with E-state index in [1.54, 1.807) is 12.1 Å². The van der Waals surface area contributed by atoms with Crippen molar-refractivity contribution in [1.29, 1.82) is 0 Å². The van der Waals surface area contributed by atoms with Gasteiger partial charge in [0.25, 0.3) is 0 Å². The smallest absolute Gasteiger partial charge is 0.127 e. The van der Waals surface area contributed by atoms with Crippen LogP contribution in [0.25, 0.3) is 0 Å². The minimum absolute atomic E-state index is 0.164. The molecule has 1 aromatic carbocycles. The molecular weight excluding hydrogens is 227 g/mol. The lowest BCUT2D eigenvalue weighted by Crippen LogP contribution is -2.49. The van der Waals surface area contributed by atoms with Gasteiger partial charge in [-0.2, -0.15) is 0 Å². The molecule has 1 unspecified atom stereocenters. The van der Waals surface area contributed by atoms with Crippen LogP contribution in [0.4, 0.5) is 4.39 Å². The lowest BCUT2D eigenvalue weighted by atomic mass is 10.1. The van der Waals surface area contributed by atoms with Crippen LogP contribution in [0.2, 0.25) is 0 Å². The van der Waals surface area contributed by atoms with Crippen molar-refractivity contribution in [3.05, 3.63) is 35.6 Å². The molecule has 3 heteroatoms. The zero-order valence-corrected chi connectivity index (χ0v) is 10.7. The molecule has 0 radical (unpaired) electrons. The van der Waals surface area contributed by atoms with Crippen molar-refractivity contribution in [3.8, 4) is 11.8 Å². The topological polar surface area (TPSA) is 15.3 Å². The number of rotatable bonds is 2. The zero-order valence-electron chi connectivity index (χ0n) is 10.7. The quantitative estimate of drug-likeness (QED) is 0.799. The molecule has 2 rings (SSSR count). The van der Waals surface area contributed by atoms with Gasteiger partial charge in [0.15, 0.2) is 0 Å².